The Labute approximate surface area is 85.8 Å². The molecule has 82 valence electrons. The first kappa shape index (κ1) is 11.5. The highest BCUT2D eigenvalue weighted by molar-refractivity contribution is 5.76. The SMILES string of the molecule is CN(C)CCC(=O)NC(CN)C1CC1. The van der Waals surface area contributed by atoms with Crippen LogP contribution in [0.1, 0.15) is 19.3 Å². The molecule has 1 atom stereocenters. The van der Waals surface area contributed by atoms with Crippen LogP contribution in [0.3, 0.4) is 0 Å². The van der Waals surface area contributed by atoms with Crippen LogP contribution in [-0.4, -0.2) is 44.0 Å². The first-order chi connectivity index (χ1) is 6.63. The Bertz CT molecular complexity index is 190. The molecule has 14 heavy (non-hydrogen) atoms. The Morgan fingerprint density at radius 2 is 2.21 bits per heavy atom. The fraction of sp³-hybridized carbons (Fsp3) is 0.900. The molecule has 1 saturated carbocycles. The number of amides is 1. The summed E-state index contributed by atoms with van der Waals surface area (Å²) in [6.07, 6.45) is 3.00. The fourth-order valence-electron chi connectivity index (χ4n) is 1.47. The van der Waals surface area contributed by atoms with Crippen molar-refractivity contribution >= 4 is 5.91 Å². The average molecular weight is 199 g/mol. The molecule has 0 bridgehead atoms. The Morgan fingerprint density at radius 1 is 1.57 bits per heavy atom. The van der Waals surface area contributed by atoms with Gasteiger partial charge in [-0.25, -0.2) is 0 Å². The van der Waals surface area contributed by atoms with E-state index in [0.717, 1.165) is 6.54 Å². The Kier molecular flexibility index (Phi) is 4.35. The molecular weight excluding hydrogens is 178 g/mol. The second-order valence-corrected chi connectivity index (χ2v) is 4.30. The summed E-state index contributed by atoms with van der Waals surface area (Å²) < 4.78 is 0. The van der Waals surface area contributed by atoms with Crippen molar-refractivity contribution in [2.75, 3.05) is 27.2 Å². The van der Waals surface area contributed by atoms with Gasteiger partial charge in [-0.2, -0.15) is 0 Å². The second kappa shape index (κ2) is 5.32. The summed E-state index contributed by atoms with van der Waals surface area (Å²) in [5.74, 6) is 0.768. The molecule has 1 unspecified atom stereocenters. The maximum atomic E-state index is 11.5. The lowest BCUT2D eigenvalue weighted by atomic mass is 10.2. The Hall–Kier alpha value is -0.610. The quantitative estimate of drug-likeness (QED) is 0.622. The molecule has 1 rings (SSSR count). The number of nitrogens with two attached hydrogens (primary N) is 1. The topological polar surface area (TPSA) is 58.4 Å². The van der Waals surface area contributed by atoms with E-state index in [9.17, 15) is 4.79 Å². The molecule has 0 spiro atoms. The van der Waals surface area contributed by atoms with E-state index in [1.807, 2.05) is 19.0 Å². The van der Waals surface area contributed by atoms with Crippen molar-refractivity contribution in [3.05, 3.63) is 0 Å². The van der Waals surface area contributed by atoms with Crippen LogP contribution in [0.5, 0.6) is 0 Å². The summed E-state index contributed by atoms with van der Waals surface area (Å²) in [6, 6.07) is 0.213. The summed E-state index contributed by atoms with van der Waals surface area (Å²) >= 11 is 0. The van der Waals surface area contributed by atoms with E-state index >= 15 is 0 Å². The fourth-order valence-corrected chi connectivity index (χ4v) is 1.47. The molecule has 0 saturated heterocycles. The van der Waals surface area contributed by atoms with Gasteiger partial charge in [0.05, 0.1) is 0 Å². The molecule has 0 heterocycles. The van der Waals surface area contributed by atoms with Crippen LogP contribution in [0.25, 0.3) is 0 Å². The summed E-state index contributed by atoms with van der Waals surface area (Å²) in [4.78, 5) is 13.5. The molecule has 0 aromatic carbocycles. The number of rotatable bonds is 6. The highest BCUT2D eigenvalue weighted by Gasteiger charge is 2.30. The summed E-state index contributed by atoms with van der Waals surface area (Å²) in [6.45, 7) is 1.37. The molecule has 0 aliphatic heterocycles. The molecule has 0 radical (unpaired) electrons. The van der Waals surface area contributed by atoms with E-state index in [1.165, 1.54) is 12.8 Å². The van der Waals surface area contributed by atoms with Gasteiger partial charge >= 0.3 is 0 Å². The summed E-state index contributed by atoms with van der Waals surface area (Å²) in [7, 11) is 3.93. The van der Waals surface area contributed by atoms with Crippen molar-refractivity contribution in [2.24, 2.45) is 11.7 Å². The predicted molar refractivity (Wildman–Crippen MR) is 56.9 cm³/mol. The van der Waals surface area contributed by atoms with Gasteiger partial charge in [0.25, 0.3) is 0 Å². The molecule has 1 amide bonds. The van der Waals surface area contributed by atoms with Crippen LogP contribution in [0, 0.1) is 5.92 Å². The van der Waals surface area contributed by atoms with E-state index < -0.39 is 0 Å². The van der Waals surface area contributed by atoms with Crippen molar-refractivity contribution < 1.29 is 4.79 Å². The van der Waals surface area contributed by atoms with Crippen molar-refractivity contribution in [1.82, 2.24) is 10.2 Å². The van der Waals surface area contributed by atoms with E-state index in [1.54, 1.807) is 0 Å². The molecule has 4 heteroatoms. The second-order valence-electron chi connectivity index (χ2n) is 4.30. The molecular formula is C10H21N3O. The van der Waals surface area contributed by atoms with Crippen LogP contribution in [0.2, 0.25) is 0 Å². The van der Waals surface area contributed by atoms with Crippen LogP contribution in [0.4, 0.5) is 0 Å². The molecule has 3 N–H and O–H groups in total. The smallest absolute Gasteiger partial charge is 0.221 e. The summed E-state index contributed by atoms with van der Waals surface area (Å²) in [5, 5.41) is 2.99. The first-order valence-electron chi connectivity index (χ1n) is 5.27. The standard InChI is InChI=1S/C10H21N3O/c1-13(2)6-5-10(14)12-9(7-11)8-3-4-8/h8-9H,3-7,11H2,1-2H3,(H,12,14). The van der Waals surface area contributed by atoms with Crippen molar-refractivity contribution in [3.63, 3.8) is 0 Å². The number of nitrogens with zero attached hydrogens (tertiary/aromatic N) is 1. The van der Waals surface area contributed by atoms with Gasteiger partial charge in [-0.15, -0.1) is 0 Å². The molecule has 1 aliphatic rings. The lowest BCUT2D eigenvalue weighted by Gasteiger charge is -2.16. The van der Waals surface area contributed by atoms with Crippen LogP contribution in [0.15, 0.2) is 0 Å². The predicted octanol–water partition coefficient (Wildman–Crippen LogP) is -0.208. The van der Waals surface area contributed by atoms with Crippen LogP contribution >= 0.6 is 0 Å². The number of carbonyl (C=O) groups is 1. The van der Waals surface area contributed by atoms with E-state index in [0.29, 0.717) is 18.9 Å². The summed E-state index contributed by atoms with van der Waals surface area (Å²) in [5.41, 5.74) is 5.59. The highest BCUT2D eigenvalue weighted by atomic mass is 16.1. The van der Waals surface area contributed by atoms with Crippen molar-refractivity contribution in [2.45, 2.75) is 25.3 Å². The first-order valence-corrected chi connectivity index (χ1v) is 5.27. The van der Waals surface area contributed by atoms with Gasteiger partial charge in [-0.05, 0) is 32.9 Å². The number of carbonyl (C=O) groups excluding carboxylic acids is 1. The minimum absolute atomic E-state index is 0.126. The lowest BCUT2D eigenvalue weighted by Crippen LogP contribution is -2.42. The number of hydrogen-bond donors (Lipinski definition) is 2. The minimum Gasteiger partial charge on any atom is -0.352 e. The molecule has 0 aromatic heterocycles. The maximum absolute atomic E-state index is 11.5. The Morgan fingerprint density at radius 3 is 2.64 bits per heavy atom. The third kappa shape index (κ3) is 4.07. The maximum Gasteiger partial charge on any atom is 0.221 e. The minimum atomic E-state index is 0.126. The van der Waals surface area contributed by atoms with Crippen molar-refractivity contribution in [1.29, 1.82) is 0 Å². The zero-order valence-electron chi connectivity index (χ0n) is 9.12. The Balaban J connectivity index is 2.17. The monoisotopic (exact) mass is 199 g/mol. The van der Waals surface area contributed by atoms with Gasteiger partial charge in [-0.1, -0.05) is 0 Å². The third-order valence-corrected chi connectivity index (χ3v) is 2.58. The normalized spacial score (nSPS) is 18.3. The molecule has 0 aromatic rings. The van der Waals surface area contributed by atoms with Gasteiger partial charge in [-0.3, -0.25) is 4.79 Å². The molecule has 4 nitrogen and oxygen atoms in total. The van der Waals surface area contributed by atoms with Crippen molar-refractivity contribution in [3.8, 4) is 0 Å². The van der Waals surface area contributed by atoms with Gasteiger partial charge in [0, 0.05) is 25.6 Å². The zero-order chi connectivity index (χ0) is 10.6. The average Bonchev–Trinajstić information content (AvgIpc) is 2.94. The van der Waals surface area contributed by atoms with Crippen LogP contribution < -0.4 is 11.1 Å². The highest BCUT2D eigenvalue weighted by Crippen LogP contribution is 2.32. The zero-order valence-corrected chi connectivity index (χ0v) is 9.12. The van der Waals surface area contributed by atoms with Gasteiger partial charge in [0.15, 0.2) is 0 Å². The van der Waals surface area contributed by atoms with E-state index in [4.69, 9.17) is 5.73 Å². The molecule has 1 fully saturated rings. The van der Waals surface area contributed by atoms with Gasteiger partial charge in [0.1, 0.15) is 0 Å². The third-order valence-electron chi connectivity index (χ3n) is 2.58. The van der Waals surface area contributed by atoms with E-state index in [-0.39, 0.29) is 11.9 Å². The molecule has 1 aliphatic carbocycles. The number of hydrogen-bond acceptors (Lipinski definition) is 3. The van der Waals surface area contributed by atoms with Gasteiger partial charge < -0.3 is 16.0 Å². The van der Waals surface area contributed by atoms with E-state index in [2.05, 4.69) is 5.32 Å². The number of nitrogens with one attached hydrogen (secondary N) is 1. The van der Waals surface area contributed by atoms with Gasteiger partial charge in [0.2, 0.25) is 5.91 Å². The largest absolute Gasteiger partial charge is 0.352 e. The van der Waals surface area contributed by atoms with Crippen LogP contribution in [-0.2, 0) is 4.79 Å². The lowest BCUT2D eigenvalue weighted by molar-refractivity contribution is -0.122.